The summed E-state index contributed by atoms with van der Waals surface area (Å²) in [6, 6.07) is 0. The number of rotatable bonds is 3. The Morgan fingerprint density at radius 3 is 2.79 bits per heavy atom. The number of nitrogens with one attached hydrogen (secondary N) is 2. The Morgan fingerprint density at radius 1 is 1.57 bits per heavy atom. The van der Waals surface area contributed by atoms with E-state index >= 15 is 0 Å². The lowest BCUT2D eigenvalue weighted by atomic mass is 10.2. The van der Waals surface area contributed by atoms with Crippen LogP contribution in [0.15, 0.2) is 0 Å². The van der Waals surface area contributed by atoms with Gasteiger partial charge in [-0.15, -0.1) is 0 Å². The molecule has 1 saturated heterocycles. The first-order chi connectivity index (χ1) is 6.52. The quantitative estimate of drug-likeness (QED) is 0.607. The summed E-state index contributed by atoms with van der Waals surface area (Å²) < 4.78 is 22.9. The Kier molecular flexibility index (Phi) is 3.85. The fourth-order valence-electron chi connectivity index (χ4n) is 1.27. The van der Waals surface area contributed by atoms with Crippen LogP contribution in [-0.2, 0) is 19.7 Å². The Bertz CT molecular complexity index is 295. The van der Waals surface area contributed by atoms with Crippen molar-refractivity contribution in [1.29, 1.82) is 0 Å². The molecule has 0 saturated carbocycles. The molecule has 0 amide bonds. The molecule has 1 aliphatic heterocycles. The molecule has 82 valence electrons. The van der Waals surface area contributed by atoms with Crippen LogP contribution in [-0.4, -0.2) is 32.7 Å². The molecule has 0 spiro atoms. The molecule has 0 aromatic rings. The summed E-state index contributed by atoms with van der Waals surface area (Å²) in [7, 11) is -3.53. The van der Waals surface area contributed by atoms with Gasteiger partial charge in [0.1, 0.15) is 0 Å². The molecule has 2 N–H and O–H groups in total. The van der Waals surface area contributed by atoms with Crippen molar-refractivity contribution in [1.82, 2.24) is 10.2 Å². The van der Waals surface area contributed by atoms with Gasteiger partial charge >= 0.3 is 5.97 Å². The lowest BCUT2D eigenvalue weighted by Crippen LogP contribution is -2.44. The third-order valence-electron chi connectivity index (χ3n) is 1.99. The van der Waals surface area contributed by atoms with Gasteiger partial charge in [0.25, 0.3) is 0 Å². The van der Waals surface area contributed by atoms with Crippen molar-refractivity contribution in [3.63, 3.8) is 0 Å². The van der Waals surface area contributed by atoms with Crippen molar-refractivity contribution in [2.75, 3.05) is 13.1 Å². The van der Waals surface area contributed by atoms with Crippen LogP contribution < -0.4 is 10.2 Å². The van der Waals surface area contributed by atoms with Crippen molar-refractivity contribution >= 4 is 16.0 Å². The van der Waals surface area contributed by atoms with Crippen molar-refractivity contribution in [3.8, 4) is 0 Å². The van der Waals surface area contributed by atoms with E-state index in [4.69, 9.17) is 0 Å². The molecule has 1 unspecified atom stereocenters. The zero-order chi connectivity index (χ0) is 10.6. The van der Waals surface area contributed by atoms with Gasteiger partial charge in [-0.1, -0.05) is 0 Å². The van der Waals surface area contributed by atoms with Crippen LogP contribution in [0.2, 0.25) is 0 Å². The molecule has 0 aromatic carbocycles. The molecule has 0 radical (unpaired) electrons. The highest BCUT2D eigenvalue weighted by Crippen LogP contribution is 2.10. The van der Waals surface area contributed by atoms with Crippen molar-refractivity contribution in [3.05, 3.63) is 0 Å². The van der Waals surface area contributed by atoms with Crippen molar-refractivity contribution in [2.45, 2.75) is 25.0 Å². The van der Waals surface area contributed by atoms with Crippen LogP contribution >= 0.6 is 0 Å². The number of carbonyl (C=O) groups excluding carboxylic acids is 1. The van der Waals surface area contributed by atoms with E-state index in [1.807, 2.05) is 4.89 Å². The van der Waals surface area contributed by atoms with Gasteiger partial charge in [-0.2, -0.15) is 0 Å². The van der Waals surface area contributed by atoms with Gasteiger partial charge in [-0.3, -0.25) is 4.79 Å². The molecule has 14 heavy (non-hydrogen) atoms. The van der Waals surface area contributed by atoms with Gasteiger partial charge in [-0.25, -0.2) is 8.42 Å². The Balaban J connectivity index is 2.50. The lowest BCUT2D eigenvalue weighted by molar-refractivity contribution is -0.144. The van der Waals surface area contributed by atoms with E-state index in [1.165, 1.54) is 0 Å². The number of hydrogen-bond acceptors (Lipinski definition) is 5. The highest BCUT2D eigenvalue weighted by molar-refractivity contribution is 7.90. The maximum absolute atomic E-state index is 11.5. The van der Waals surface area contributed by atoms with Gasteiger partial charge in [0.15, 0.2) is 0 Å². The smallest absolute Gasteiger partial charge is 0.323 e. The number of carbonyl (C=O) groups is 1. The van der Waals surface area contributed by atoms with Crippen LogP contribution in [0.3, 0.4) is 0 Å². The highest BCUT2D eigenvalue weighted by Gasteiger charge is 2.27. The average Bonchev–Trinajstić information content (AvgIpc) is 2.16. The molecule has 0 bridgehead atoms. The van der Waals surface area contributed by atoms with E-state index < -0.39 is 21.2 Å². The van der Waals surface area contributed by atoms with Gasteiger partial charge < -0.3 is 10.2 Å². The van der Waals surface area contributed by atoms with E-state index in [2.05, 4.69) is 10.2 Å². The van der Waals surface area contributed by atoms with E-state index in [9.17, 15) is 13.2 Å². The van der Waals surface area contributed by atoms with Crippen LogP contribution in [0.5, 0.6) is 0 Å². The normalized spacial score (nSPS) is 23.1. The van der Waals surface area contributed by atoms with Crippen LogP contribution in [0.4, 0.5) is 0 Å². The second-order valence-corrected chi connectivity index (χ2v) is 5.11. The Hall–Kier alpha value is -0.660. The predicted molar refractivity (Wildman–Crippen MR) is 49.7 cm³/mol. The second-order valence-electron chi connectivity index (χ2n) is 3.19. The first-order valence-corrected chi connectivity index (χ1v) is 5.96. The first kappa shape index (κ1) is 11.4. The molecular formula is C7H14N2O4S. The second kappa shape index (κ2) is 4.72. The van der Waals surface area contributed by atoms with Gasteiger partial charge in [0, 0.05) is 13.5 Å². The average molecular weight is 222 g/mol. The monoisotopic (exact) mass is 222 g/mol. The minimum absolute atomic E-state index is 0.399. The number of piperidine rings is 1. The SMILES string of the molecule is CC(=O)ONS(=O)(=O)C1CCCNC1. The van der Waals surface area contributed by atoms with Gasteiger partial charge in [-0.05, 0) is 24.3 Å². The van der Waals surface area contributed by atoms with E-state index in [-0.39, 0.29) is 0 Å². The summed E-state index contributed by atoms with van der Waals surface area (Å²) >= 11 is 0. The number of sulfonamides is 1. The third-order valence-corrected chi connectivity index (χ3v) is 3.59. The van der Waals surface area contributed by atoms with Gasteiger partial charge in [0.2, 0.25) is 10.0 Å². The zero-order valence-electron chi connectivity index (χ0n) is 7.95. The van der Waals surface area contributed by atoms with Crippen LogP contribution in [0.1, 0.15) is 19.8 Å². The Labute approximate surface area is 83.0 Å². The summed E-state index contributed by atoms with van der Waals surface area (Å²) in [6.45, 7) is 2.37. The molecule has 0 aromatic heterocycles. The largest absolute Gasteiger partial charge is 0.356 e. The molecular weight excluding hydrogens is 208 g/mol. The standard InChI is InChI=1S/C7H14N2O4S/c1-6(10)13-9-14(11,12)7-3-2-4-8-5-7/h7-9H,2-5H2,1H3. The Morgan fingerprint density at radius 2 is 2.29 bits per heavy atom. The van der Waals surface area contributed by atoms with E-state index in [0.29, 0.717) is 13.0 Å². The summed E-state index contributed by atoms with van der Waals surface area (Å²) in [5.74, 6) is -0.669. The summed E-state index contributed by atoms with van der Waals surface area (Å²) in [5, 5.41) is 2.45. The summed E-state index contributed by atoms with van der Waals surface area (Å²) in [5.41, 5.74) is 0. The molecule has 6 nitrogen and oxygen atoms in total. The summed E-state index contributed by atoms with van der Waals surface area (Å²) in [6.07, 6.45) is 1.40. The number of hydrogen-bond donors (Lipinski definition) is 2. The molecule has 7 heteroatoms. The lowest BCUT2D eigenvalue weighted by Gasteiger charge is -2.22. The topological polar surface area (TPSA) is 84.5 Å². The molecule has 1 heterocycles. The first-order valence-electron chi connectivity index (χ1n) is 4.41. The molecule has 1 aliphatic rings. The highest BCUT2D eigenvalue weighted by atomic mass is 32.2. The van der Waals surface area contributed by atoms with Crippen molar-refractivity contribution in [2.24, 2.45) is 0 Å². The van der Waals surface area contributed by atoms with Crippen LogP contribution in [0, 0.1) is 0 Å². The third kappa shape index (κ3) is 3.24. The fourth-order valence-corrected chi connectivity index (χ4v) is 2.45. The van der Waals surface area contributed by atoms with Crippen LogP contribution in [0.25, 0.3) is 0 Å². The molecule has 1 atom stereocenters. The van der Waals surface area contributed by atoms with Crippen molar-refractivity contribution < 1.29 is 18.0 Å². The summed E-state index contributed by atoms with van der Waals surface area (Å²) in [4.78, 5) is 16.5. The molecule has 1 rings (SSSR count). The zero-order valence-corrected chi connectivity index (χ0v) is 8.76. The van der Waals surface area contributed by atoms with Gasteiger partial charge in [0.05, 0.1) is 5.25 Å². The van der Waals surface area contributed by atoms with E-state index in [0.717, 1.165) is 19.9 Å². The maximum Gasteiger partial charge on any atom is 0.323 e. The molecule has 0 aliphatic carbocycles. The van der Waals surface area contributed by atoms with E-state index in [1.54, 1.807) is 0 Å². The maximum atomic E-state index is 11.5. The minimum Gasteiger partial charge on any atom is -0.356 e. The predicted octanol–water partition coefficient (Wildman–Crippen LogP) is -0.864. The fraction of sp³-hybridized carbons (Fsp3) is 0.857. The molecule has 1 fully saturated rings. The minimum atomic E-state index is -3.53.